The summed E-state index contributed by atoms with van der Waals surface area (Å²) < 4.78 is 18.4. The lowest BCUT2D eigenvalue weighted by Gasteiger charge is -2.14. The van der Waals surface area contributed by atoms with E-state index in [-0.39, 0.29) is 43.1 Å². The maximum absolute atomic E-state index is 12.9. The van der Waals surface area contributed by atoms with Gasteiger partial charge in [-0.15, -0.1) is 12.4 Å². The maximum Gasteiger partial charge on any atom is 0.307 e. The number of nitrogens with zero attached hydrogens (tertiary/aromatic N) is 2. The molecular formula is C17H20ClFN2O3S2. The van der Waals surface area contributed by atoms with E-state index in [4.69, 9.17) is 17.0 Å². The van der Waals surface area contributed by atoms with Crippen LogP contribution in [0.3, 0.4) is 0 Å². The van der Waals surface area contributed by atoms with Crippen LogP contribution in [0.15, 0.2) is 29.2 Å². The zero-order valence-electron chi connectivity index (χ0n) is 14.4. The Hall–Kier alpha value is -1.48. The number of ether oxygens (including phenoxy) is 1. The first-order valence-corrected chi connectivity index (χ1v) is 8.90. The van der Waals surface area contributed by atoms with E-state index in [1.54, 1.807) is 18.2 Å². The summed E-state index contributed by atoms with van der Waals surface area (Å²) in [5.41, 5.74) is 0.713. The number of benzene rings is 1. The molecule has 1 aromatic rings. The summed E-state index contributed by atoms with van der Waals surface area (Å²) in [7, 11) is 3.78. The molecule has 1 fully saturated rings. The molecule has 0 aromatic heterocycles. The van der Waals surface area contributed by atoms with Crippen LogP contribution < -0.4 is 0 Å². The highest BCUT2D eigenvalue weighted by Crippen LogP contribution is 2.32. The van der Waals surface area contributed by atoms with Crippen molar-refractivity contribution in [2.45, 2.75) is 6.42 Å². The van der Waals surface area contributed by atoms with Crippen LogP contribution in [0, 0.1) is 5.82 Å². The van der Waals surface area contributed by atoms with E-state index < -0.39 is 0 Å². The Bertz CT molecular complexity index is 696. The Morgan fingerprint density at radius 3 is 2.62 bits per heavy atom. The lowest BCUT2D eigenvalue weighted by molar-refractivity contribution is -0.144. The van der Waals surface area contributed by atoms with E-state index >= 15 is 0 Å². The fourth-order valence-electron chi connectivity index (χ4n) is 2.02. The number of likely N-dealkylation sites (N-methyl/N-ethyl adjacent to an activating group) is 1. The van der Waals surface area contributed by atoms with E-state index in [1.165, 1.54) is 28.8 Å². The van der Waals surface area contributed by atoms with Gasteiger partial charge in [-0.05, 0) is 37.9 Å². The van der Waals surface area contributed by atoms with E-state index in [0.717, 1.165) is 0 Å². The van der Waals surface area contributed by atoms with Crippen molar-refractivity contribution in [3.63, 3.8) is 0 Å². The first kappa shape index (κ1) is 22.6. The second-order valence-corrected chi connectivity index (χ2v) is 7.33. The van der Waals surface area contributed by atoms with Gasteiger partial charge in [-0.1, -0.05) is 36.1 Å². The highest BCUT2D eigenvalue weighted by Gasteiger charge is 2.32. The van der Waals surface area contributed by atoms with E-state index in [9.17, 15) is 14.0 Å². The minimum atomic E-state index is -0.363. The smallest absolute Gasteiger partial charge is 0.307 e. The molecule has 1 saturated heterocycles. The lowest BCUT2D eigenvalue weighted by atomic mass is 10.2. The first-order valence-electron chi connectivity index (χ1n) is 7.68. The van der Waals surface area contributed by atoms with Gasteiger partial charge in [-0.3, -0.25) is 14.5 Å². The van der Waals surface area contributed by atoms with E-state index in [1.807, 2.05) is 19.0 Å². The summed E-state index contributed by atoms with van der Waals surface area (Å²) in [6.07, 6.45) is 1.75. The average molecular weight is 419 g/mol. The number of thioether (sulfide) groups is 1. The van der Waals surface area contributed by atoms with Gasteiger partial charge in [0.25, 0.3) is 5.91 Å². The van der Waals surface area contributed by atoms with Crippen LogP contribution in [0.5, 0.6) is 0 Å². The fourth-order valence-corrected chi connectivity index (χ4v) is 3.33. The van der Waals surface area contributed by atoms with Gasteiger partial charge in [0.15, 0.2) is 0 Å². The van der Waals surface area contributed by atoms with Gasteiger partial charge >= 0.3 is 5.97 Å². The molecule has 0 unspecified atom stereocenters. The third kappa shape index (κ3) is 6.68. The number of hydrogen-bond acceptors (Lipinski definition) is 6. The summed E-state index contributed by atoms with van der Waals surface area (Å²) in [4.78, 5) is 27.9. The van der Waals surface area contributed by atoms with Crippen molar-refractivity contribution in [2.24, 2.45) is 0 Å². The molecule has 1 aliphatic heterocycles. The molecule has 0 bridgehead atoms. The van der Waals surface area contributed by atoms with E-state index in [2.05, 4.69) is 0 Å². The second kappa shape index (κ2) is 10.6. The van der Waals surface area contributed by atoms with Crippen molar-refractivity contribution in [1.29, 1.82) is 0 Å². The minimum absolute atomic E-state index is 0. The summed E-state index contributed by atoms with van der Waals surface area (Å²) in [6, 6.07) is 5.83. The topological polar surface area (TPSA) is 49.9 Å². The Morgan fingerprint density at radius 2 is 2.00 bits per heavy atom. The molecule has 142 valence electrons. The van der Waals surface area contributed by atoms with Gasteiger partial charge < -0.3 is 9.64 Å². The standard InChI is InChI=1S/C17H19FN2O3S2.ClH/c1-19(2)9-10-23-15(21)7-8-20-16(22)14(25-17(20)24)11-12-3-5-13(18)6-4-12;/h3-6,11H,7-10H2,1-2H3;1H/b14-11-;. The number of hydrogen-bond donors (Lipinski definition) is 0. The third-order valence-corrected chi connectivity index (χ3v) is 4.76. The number of amides is 1. The molecule has 1 aliphatic rings. The second-order valence-electron chi connectivity index (χ2n) is 5.66. The molecule has 0 atom stereocenters. The van der Waals surface area contributed by atoms with Crippen LogP contribution in [0.25, 0.3) is 6.08 Å². The van der Waals surface area contributed by atoms with Crippen LogP contribution in [0.4, 0.5) is 4.39 Å². The fraction of sp³-hybridized carbons (Fsp3) is 0.353. The summed E-state index contributed by atoms with van der Waals surface area (Å²) in [5.74, 6) is -0.948. The van der Waals surface area contributed by atoms with Crippen molar-refractivity contribution < 1.29 is 18.7 Å². The molecule has 2 rings (SSSR count). The van der Waals surface area contributed by atoms with Gasteiger partial charge in [-0.25, -0.2) is 4.39 Å². The van der Waals surface area contributed by atoms with Gasteiger partial charge in [0.05, 0.1) is 11.3 Å². The first-order chi connectivity index (χ1) is 11.9. The number of halogens is 2. The predicted molar refractivity (Wildman–Crippen MR) is 108 cm³/mol. The van der Waals surface area contributed by atoms with Crippen molar-refractivity contribution in [1.82, 2.24) is 9.80 Å². The van der Waals surface area contributed by atoms with Crippen LogP contribution >= 0.6 is 36.4 Å². The van der Waals surface area contributed by atoms with Crippen LogP contribution in [0.2, 0.25) is 0 Å². The Morgan fingerprint density at radius 1 is 1.35 bits per heavy atom. The molecule has 9 heteroatoms. The number of rotatable bonds is 7. The molecule has 0 saturated carbocycles. The van der Waals surface area contributed by atoms with Gasteiger partial charge in [0.1, 0.15) is 16.7 Å². The quantitative estimate of drug-likeness (QED) is 0.385. The van der Waals surface area contributed by atoms with E-state index in [0.29, 0.717) is 27.9 Å². The largest absolute Gasteiger partial charge is 0.464 e. The molecule has 0 N–H and O–H groups in total. The number of thiocarbonyl (C=S) groups is 1. The van der Waals surface area contributed by atoms with Gasteiger partial charge in [-0.2, -0.15) is 0 Å². The number of carbonyl (C=O) groups is 2. The third-order valence-electron chi connectivity index (χ3n) is 3.38. The van der Waals surface area contributed by atoms with Crippen LogP contribution in [0.1, 0.15) is 12.0 Å². The molecule has 0 spiro atoms. The van der Waals surface area contributed by atoms with Crippen molar-refractivity contribution in [3.8, 4) is 0 Å². The normalized spacial score (nSPS) is 15.5. The van der Waals surface area contributed by atoms with Gasteiger partial charge in [0, 0.05) is 13.1 Å². The monoisotopic (exact) mass is 418 g/mol. The van der Waals surface area contributed by atoms with Crippen LogP contribution in [-0.2, 0) is 14.3 Å². The Balaban J connectivity index is 0.00000338. The Kier molecular flexibility index (Phi) is 9.21. The predicted octanol–water partition coefficient (Wildman–Crippen LogP) is 2.94. The highest BCUT2D eigenvalue weighted by molar-refractivity contribution is 8.26. The summed E-state index contributed by atoms with van der Waals surface area (Å²) in [5, 5.41) is 0. The summed E-state index contributed by atoms with van der Waals surface area (Å²) in [6.45, 7) is 1.15. The molecule has 0 radical (unpaired) electrons. The lowest BCUT2D eigenvalue weighted by Crippen LogP contribution is -2.31. The molecule has 1 aromatic carbocycles. The molecule has 5 nitrogen and oxygen atoms in total. The number of carbonyl (C=O) groups excluding carboxylic acids is 2. The molecule has 1 heterocycles. The molecule has 26 heavy (non-hydrogen) atoms. The summed E-state index contributed by atoms with van der Waals surface area (Å²) >= 11 is 6.38. The molecule has 1 amide bonds. The minimum Gasteiger partial charge on any atom is -0.464 e. The Labute approximate surface area is 168 Å². The van der Waals surface area contributed by atoms with Crippen LogP contribution in [-0.4, -0.2) is 59.8 Å². The molecular weight excluding hydrogens is 399 g/mol. The maximum atomic E-state index is 12.9. The van der Waals surface area contributed by atoms with Crippen molar-refractivity contribution in [3.05, 3.63) is 40.6 Å². The SMILES string of the molecule is CN(C)CCOC(=O)CCN1C(=O)/C(=C/c2ccc(F)cc2)SC1=S.Cl. The zero-order valence-corrected chi connectivity index (χ0v) is 16.9. The highest BCUT2D eigenvalue weighted by atomic mass is 35.5. The zero-order chi connectivity index (χ0) is 18.4. The van der Waals surface area contributed by atoms with Crippen molar-refractivity contribution in [2.75, 3.05) is 33.8 Å². The van der Waals surface area contributed by atoms with Gasteiger partial charge in [0.2, 0.25) is 0 Å². The average Bonchev–Trinajstić information content (AvgIpc) is 2.81. The van der Waals surface area contributed by atoms with Crippen molar-refractivity contribution >= 4 is 58.7 Å². The number of esters is 1. The molecule has 0 aliphatic carbocycles.